The van der Waals surface area contributed by atoms with Crippen LogP contribution in [0.25, 0.3) is 0 Å². The Morgan fingerprint density at radius 2 is 2.04 bits per heavy atom. The fourth-order valence-corrected chi connectivity index (χ4v) is 4.17. The summed E-state index contributed by atoms with van der Waals surface area (Å²) in [5.41, 5.74) is 3.68. The zero-order chi connectivity index (χ0) is 18.3. The van der Waals surface area contributed by atoms with Gasteiger partial charge in [0.05, 0.1) is 18.4 Å². The number of aryl methyl sites for hydroxylation is 1. The summed E-state index contributed by atoms with van der Waals surface area (Å²) >= 11 is 0. The molecule has 1 atom stereocenters. The number of aromatic nitrogens is 4. The van der Waals surface area contributed by atoms with Crippen molar-refractivity contribution in [1.82, 2.24) is 24.5 Å². The van der Waals surface area contributed by atoms with Gasteiger partial charge in [0.25, 0.3) is 5.56 Å². The van der Waals surface area contributed by atoms with Crippen molar-refractivity contribution >= 4 is 0 Å². The summed E-state index contributed by atoms with van der Waals surface area (Å²) in [6, 6.07) is 3.89. The van der Waals surface area contributed by atoms with Crippen molar-refractivity contribution in [2.75, 3.05) is 6.54 Å². The molecule has 26 heavy (non-hydrogen) atoms. The van der Waals surface area contributed by atoms with Gasteiger partial charge in [-0.1, -0.05) is 20.8 Å². The van der Waals surface area contributed by atoms with E-state index >= 15 is 0 Å². The third kappa shape index (κ3) is 3.34. The first-order chi connectivity index (χ1) is 12.4. The molecule has 1 unspecified atom stereocenters. The molecule has 6 nitrogen and oxygen atoms in total. The molecule has 1 saturated heterocycles. The lowest BCUT2D eigenvalue weighted by atomic mass is 9.92. The van der Waals surface area contributed by atoms with Crippen LogP contribution in [0.2, 0.25) is 0 Å². The van der Waals surface area contributed by atoms with Crippen LogP contribution < -0.4 is 5.56 Å². The van der Waals surface area contributed by atoms with Crippen LogP contribution >= 0.6 is 0 Å². The molecule has 4 rings (SSSR count). The number of rotatable bonds is 4. The molecule has 4 heterocycles. The van der Waals surface area contributed by atoms with Gasteiger partial charge in [-0.2, -0.15) is 10.2 Å². The van der Waals surface area contributed by atoms with Crippen molar-refractivity contribution in [3.05, 3.63) is 45.6 Å². The minimum Gasteiger partial charge on any atom is -0.294 e. The molecule has 0 saturated carbocycles. The fourth-order valence-electron chi connectivity index (χ4n) is 4.17. The molecule has 1 fully saturated rings. The predicted octanol–water partition coefficient (Wildman–Crippen LogP) is 2.35. The second-order valence-corrected chi connectivity index (χ2v) is 8.70. The first kappa shape index (κ1) is 17.5. The fraction of sp³-hybridized carbons (Fsp3) is 0.650. The molecule has 140 valence electrons. The molecule has 0 spiro atoms. The Morgan fingerprint density at radius 3 is 2.85 bits per heavy atom. The largest absolute Gasteiger partial charge is 0.294 e. The minimum atomic E-state index is -0.0520. The molecule has 2 aliphatic heterocycles. The zero-order valence-corrected chi connectivity index (χ0v) is 16.1. The summed E-state index contributed by atoms with van der Waals surface area (Å²) in [6.07, 6.45) is 6.69. The molecule has 0 aliphatic carbocycles. The van der Waals surface area contributed by atoms with Crippen molar-refractivity contribution in [3.63, 3.8) is 0 Å². The van der Waals surface area contributed by atoms with E-state index in [2.05, 4.69) is 40.6 Å². The van der Waals surface area contributed by atoms with E-state index < -0.39 is 0 Å². The van der Waals surface area contributed by atoms with Gasteiger partial charge in [-0.3, -0.25) is 14.4 Å². The maximum absolute atomic E-state index is 12.3. The number of fused-ring (bicyclic) bond motifs is 1. The van der Waals surface area contributed by atoms with Gasteiger partial charge in [-0.05, 0) is 38.3 Å². The Morgan fingerprint density at radius 1 is 1.19 bits per heavy atom. The van der Waals surface area contributed by atoms with Gasteiger partial charge < -0.3 is 0 Å². The molecule has 6 heteroatoms. The van der Waals surface area contributed by atoms with E-state index in [9.17, 15) is 4.79 Å². The lowest BCUT2D eigenvalue weighted by Crippen LogP contribution is -2.37. The summed E-state index contributed by atoms with van der Waals surface area (Å²) in [7, 11) is 0. The summed E-state index contributed by atoms with van der Waals surface area (Å²) in [4.78, 5) is 14.8. The van der Waals surface area contributed by atoms with Gasteiger partial charge in [0, 0.05) is 41.9 Å². The van der Waals surface area contributed by atoms with E-state index in [1.807, 2.05) is 12.3 Å². The molecule has 0 radical (unpaired) electrons. The summed E-state index contributed by atoms with van der Waals surface area (Å²) < 4.78 is 3.82. The maximum Gasteiger partial charge on any atom is 0.266 e. The van der Waals surface area contributed by atoms with E-state index in [-0.39, 0.29) is 11.0 Å². The Bertz CT molecular complexity index is 845. The van der Waals surface area contributed by atoms with Gasteiger partial charge in [-0.15, -0.1) is 0 Å². The standard InChI is InChI=1S/C20H29N5O/c1-20(2,3)18-8-9-19(26)25(22-18)14-16-6-4-10-23(16)13-15-12-21-24-11-5-7-17(15)24/h8-9,12,16H,4-7,10-11,13-14H2,1-3H3. The van der Waals surface area contributed by atoms with Crippen LogP contribution in [0.4, 0.5) is 0 Å². The summed E-state index contributed by atoms with van der Waals surface area (Å²) in [5.74, 6) is 0. The van der Waals surface area contributed by atoms with E-state index in [1.165, 1.54) is 24.1 Å². The van der Waals surface area contributed by atoms with Gasteiger partial charge >= 0.3 is 0 Å². The number of hydrogen-bond donors (Lipinski definition) is 0. The van der Waals surface area contributed by atoms with Crippen LogP contribution in [0, 0.1) is 0 Å². The molecule has 2 aliphatic rings. The second-order valence-electron chi connectivity index (χ2n) is 8.70. The first-order valence-electron chi connectivity index (χ1n) is 9.78. The Hall–Kier alpha value is -1.95. The molecular weight excluding hydrogens is 326 g/mol. The Balaban J connectivity index is 1.51. The van der Waals surface area contributed by atoms with Crippen LogP contribution in [-0.4, -0.2) is 37.0 Å². The van der Waals surface area contributed by atoms with Crippen molar-refractivity contribution in [2.24, 2.45) is 0 Å². The van der Waals surface area contributed by atoms with Crippen LogP contribution in [0.3, 0.4) is 0 Å². The van der Waals surface area contributed by atoms with Crippen molar-refractivity contribution < 1.29 is 0 Å². The number of hydrogen-bond acceptors (Lipinski definition) is 4. The highest BCUT2D eigenvalue weighted by Crippen LogP contribution is 2.25. The maximum atomic E-state index is 12.3. The highest BCUT2D eigenvalue weighted by atomic mass is 16.1. The SMILES string of the molecule is CC(C)(C)c1ccc(=O)n(CC2CCCN2Cc2cnn3c2CCC3)n1. The van der Waals surface area contributed by atoms with Crippen LogP contribution in [0.15, 0.2) is 23.1 Å². The van der Waals surface area contributed by atoms with Crippen molar-refractivity contribution in [1.29, 1.82) is 0 Å². The minimum absolute atomic E-state index is 0.00345. The lowest BCUT2D eigenvalue weighted by Gasteiger charge is -2.25. The predicted molar refractivity (Wildman–Crippen MR) is 101 cm³/mol. The first-order valence-corrected chi connectivity index (χ1v) is 9.78. The lowest BCUT2D eigenvalue weighted by molar-refractivity contribution is 0.215. The molecule has 2 aromatic rings. The number of likely N-dealkylation sites (tertiary alicyclic amines) is 1. The highest BCUT2D eigenvalue weighted by Gasteiger charge is 2.28. The van der Waals surface area contributed by atoms with Gasteiger partial charge in [0.1, 0.15) is 0 Å². The Kier molecular flexibility index (Phi) is 4.47. The van der Waals surface area contributed by atoms with E-state index in [1.54, 1.807) is 10.7 Å². The van der Waals surface area contributed by atoms with Crippen LogP contribution in [-0.2, 0) is 31.5 Å². The van der Waals surface area contributed by atoms with E-state index in [4.69, 9.17) is 0 Å². The van der Waals surface area contributed by atoms with Gasteiger partial charge in [0.15, 0.2) is 0 Å². The van der Waals surface area contributed by atoms with Gasteiger partial charge in [-0.25, -0.2) is 4.68 Å². The van der Waals surface area contributed by atoms with E-state index in [0.29, 0.717) is 12.6 Å². The smallest absolute Gasteiger partial charge is 0.266 e. The van der Waals surface area contributed by atoms with Crippen LogP contribution in [0.1, 0.15) is 57.0 Å². The third-order valence-electron chi connectivity index (χ3n) is 5.71. The van der Waals surface area contributed by atoms with Crippen molar-refractivity contribution in [3.8, 4) is 0 Å². The van der Waals surface area contributed by atoms with Crippen molar-refractivity contribution in [2.45, 2.75) is 77.5 Å². The normalized spacial score (nSPS) is 20.7. The molecule has 2 aromatic heterocycles. The average molecular weight is 355 g/mol. The van der Waals surface area contributed by atoms with Gasteiger partial charge in [0.2, 0.25) is 0 Å². The summed E-state index contributed by atoms with van der Waals surface area (Å²) in [5, 5.41) is 9.18. The van der Waals surface area contributed by atoms with Crippen LogP contribution in [0.5, 0.6) is 0 Å². The topological polar surface area (TPSA) is 56.0 Å². The molecule has 0 bridgehead atoms. The quantitative estimate of drug-likeness (QED) is 0.845. The zero-order valence-electron chi connectivity index (χ0n) is 16.1. The molecule has 0 aromatic carbocycles. The molecule has 0 amide bonds. The second kappa shape index (κ2) is 6.65. The molecule has 0 N–H and O–H groups in total. The summed E-state index contributed by atoms with van der Waals surface area (Å²) in [6.45, 7) is 10.1. The highest BCUT2D eigenvalue weighted by molar-refractivity contribution is 5.20. The van der Waals surface area contributed by atoms with E-state index in [0.717, 1.165) is 38.2 Å². The molecular formula is C20H29N5O. The third-order valence-corrected chi connectivity index (χ3v) is 5.71. The average Bonchev–Trinajstić information content (AvgIpc) is 3.28. The number of nitrogens with zero attached hydrogens (tertiary/aromatic N) is 5. The monoisotopic (exact) mass is 355 g/mol. The Labute approximate surface area is 154 Å².